The van der Waals surface area contributed by atoms with Crippen LogP contribution in [0.25, 0.3) is 0 Å². The van der Waals surface area contributed by atoms with Crippen molar-refractivity contribution in [3.05, 3.63) is 65.7 Å². The summed E-state index contributed by atoms with van der Waals surface area (Å²) in [5.41, 5.74) is 2.07. The van der Waals surface area contributed by atoms with Gasteiger partial charge in [0.2, 0.25) is 5.91 Å². The number of carbonyl (C=O) groups excluding carboxylic acids is 2. The van der Waals surface area contributed by atoms with Crippen molar-refractivity contribution in [2.45, 2.75) is 44.6 Å². The standard InChI is InChI=1S/C23H27N3O2S/c1-26(18-12-6-3-7-13-18)22(28)19-14-8-9-15-20(19)24-23(29)25-21(27)16-17-10-4-2-5-11-17/h2,4-5,8-11,14-15,18H,3,6-7,12-13,16H2,1H3,(H2,24,25,27,29). The third kappa shape index (κ3) is 5.87. The van der Waals surface area contributed by atoms with Gasteiger partial charge in [0.1, 0.15) is 0 Å². The van der Waals surface area contributed by atoms with E-state index in [4.69, 9.17) is 12.2 Å². The molecule has 0 spiro atoms. The van der Waals surface area contributed by atoms with Crippen LogP contribution < -0.4 is 10.6 Å². The van der Waals surface area contributed by atoms with Gasteiger partial charge < -0.3 is 15.5 Å². The summed E-state index contributed by atoms with van der Waals surface area (Å²) in [4.78, 5) is 27.1. The van der Waals surface area contributed by atoms with Crippen LogP contribution >= 0.6 is 12.2 Å². The van der Waals surface area contributed by atoms with Crippen molar-refractivity contribution in [2.75, 3.05) is 12.4 Å². The predicted molar refractivity (Wildman–Crippen MR) is 120 cm³/mol. The average molecular weight is 410 g/mol. The molecule has 0 saturated heterocycles. The maximum atomic E-state index is 13.1. The van der Waals surface area contributed by atoms with Gasteiger partial charge in [-0.05, 0) is 42.8 Å². The van der Waals surface area contributed by atoms with Gasteiger partial charge in [-0.25, -0.2) is 0 Å². The fraction of sp³-hybridized carbons (Fsp3) is 0.348. The van der Waals surface area contributed by atoms with E-state index in [2.05, 4.69) is 10.6 Å². The SMILES string of the molecule is CN(C(=O)c1ccccc1NC(=S)NC(=O)Cc1ccccc1)C1CCCCC1. The zero-order valence-electron chi connectivity index (χ0n) is 16.7. The number of nitrogens with zero attached hydrogens (tertiary/aromatic N) is 1. The van der Waals surface area contributed by atoms with Crippen LogP contribution in [0.1, 0.15) is 48.0 Å². The van der Waals surface area contributed by atoms with Crippen LogP contribution in [-0.4, -0.2) is 34.9 Å². The number of carbonyl (C=O) groups is 2. The van der Waals surface area contributed by atoms with E-state index in [0.717, 1.165) is 18.4 Å². The van der Waals surface area contributed by atoms with Crippen LogP contribution in [0, 0.1) is 0 Å². The molecule has 2 amide bonds. The van der Waals surface area contributed by atoms with Crippen molar-refractivity contribution in [2.24, 2.45) is 0 Å². The van der Waals surface area contributed by atoms with E-state index >= 15 is 0 Å². The minimum absolute atomic E-state index is 0.0292. The molecular weight excluding hydrogens is 382 g/mol. The summed E-state index contributed by atoms with van der Waals surface area (Å²) in [6.07, 6.45) is 5.91. The minimum atomic E-state index is -0.197. The minimum Gasteiger partial charge on any atom is -0.339 e. The monoisotopic (exact) mass is 409 g/mol. The molecule has 6 heteroatoms. The number of nitrogens with one attached hydrogen (secondary N) is 2. The molecule has 0 atom stereocenters. The van der Waals surface area contributed by atoms with E-state index in [1.54, 1.807) is 12.1 Å². The Bertz CT molecular complexity index is 863. The molecule has 5 nitrogen and oxygen atoms in total. The molecule has 152 valence electrons. The first-order valence-corrected chi connectivity index (χ1v) is 10.5. The summed E-state index contributed by atoms with van der Waals surface area (Å²) in [6, 6.07) is 17.0. The molecule has 0 heterocycles. The maximum absolute atomic E-state index is 13.1. The second-order valence-corrected chi connectivity index (χ2v) is 7.83. The molecule has 0 bridgehead atoms. The van der Waals surface area contributed by atoms with Crippen LogP contribution in [0.3, 0.4) is 0 Å². The highest BCUT2D eigenvalue weighted by Crippen LogP contribution is 2.25. The Morgan fingerprint density at radius 1 is 1.00 bits per heavy atom. The zero-order chi connectivity index (χ0) is 20.6. The third-order valence-electron chi connectivity index (χ3n) is 5.31. The first-order chi connectivity index (χ1) is 14.0. The maximum Gasteiger partial charge on any atom is 0.255 e. The van der Waals surface area contributed by atoms with Crippen molar-refractivity contribution < 1.29 is 9.59 Å². The molecule has 29 heavy (non-hydrogen) atoms. The van der Waals surface area contributed by atoms with Gasteiger partial charge in [-0.1, -0.05) is 61.7 Å². The van der Waals surface area contributed by atoms with Crippen molar-refractivity contribution in [1.82, 2.24) is 10.2 Å². The Labute approximate surface area is 177 Å². The van der Waals surface area contributed by atoms with Crippen LogP contribution in [0.4, 0.5) is 5.69 Å². The molecule has 1 aliphatic carbocycles. The lowest BCUT2D eigenvalue weighted by Gasteiger charge is -2.31. The van der Waals surface area contributed by atoms with E-state index in [1.165, 1.54) is 19.3 Å². The molecule has 0 aromatic heterocycles. The second-order valence-electron chi connectivity index (χ2n) is 7.42. The van der Waals surface area contributed by atoms with Crippen LogP contribution in [-0.2, 0) is 11.2 Å². The molecule has 0 unspecified atom stereocenters. The average Bonchev–Trinajstić information content (AvgIpc) is 2.74. The molecule has 2 aromatic rings. The zero-order valence-corrected chi connectivity index (χ0v) is 17.5. The van der Waals surface area contributed by atoms with Gasteiger partial charge in [-0.15, -0.1) is 0 Å². The third-order valence-corrected chi connectivity index (χ3v) is 5.51. The number of hydrogen-bond donors (Lipinski definition) is 2. The Hall–Kier alpha value is -2.73. The molecule has 3 rings (SSSR count). The van der Waals surface area contributed by atoms with E-state index < -0.39 is 0 Å². The highest BCUT2D eigenvalue weighted by Gasteiger charge is 2.24. The van der Waals surface area contributed by atoms with Gasteiger partial charge >= 0.3 is 0 Å². The summed E-state index contributed by atoms with van der Waals surface area (Å²) >= 11 is 5.30. The molecule has 2 aromatic carbocycles. The highest BCUT2D eigenvalue weighted by atomic mass is 32.1. The lowest BCUT2D eigenvalue weighted by atomic mass is 9.94. The fourth-order valence-corrected chi connectivity index (χ4v) is 3.93. The lowest BCUT2D eigenvalue weighted by Crippen LogP contribution is -2.39. The quantitative estimate of drug-likeness (QED) is 0.729. The summed E-state index contributed by atoms with van der Waals surface area (Å²) in [5.74, 6) is -0.227. The molecule has 1 fully saturated rings. The Morgan fingerprint density at radius 3 is 2.38 bits per heavy atom. The number of rotatable bonds is 5. The van der Waals surface area contributed by atoms with Crippen molar-refractivity contribution >= 4 is 34.8 Å². The topological polar surface area (TPSA) is 61.4 Å². The van der Waals surface area contributed by atoms with Crippen LogP contribution in [0.2, 0.25) is 0 Å². The van der Waals surface area contributed by atoms with Gasteiger partial charge in [0.15, 0.2) is 5.11 Å². The first-order valence-electron chi connectivity index (χ1n) is 10.1. The van der Waals surface area contributed by atoms with Crippen molar-refractivity contribution in [3.63, 3.8) is 0 Å². The van der Waals surface area contributed by atoms with Crippen molar-refractivity contribution in [3.8, 4) is 0 Å². The number of para-hydroxylation sites is 1. The normalized spacial score (nSPS) is 14.1. The largest absolute Gasteiger partial charge is 0.339 e. The summed E-state index contributed by atoms with van der Waals surface area (Å²) in [6.45, 7) is 0. The Balaban J connectivity index is 1.62. The van der Waals surface area contributed by atoms with E-state index in [1.807, 2.05) is 54.4 Å². The van der Waals surface area contributed by atoms with Gasteiger partial charge in [0, 0.05) is 13.1 Å². The first kappa shape index (κ1) is 21.0. The van der Waals surface area contributed by atoms with E-state index in [-0.39, 0.29) is 29.4 Å². The Morgan fingerprint density at radius 2 is 1.66 bits per heavy atom. The van der Waals surface area contributed by atoms with Gasteiger partial charge in [-0.2, -0.15) is 0 Å². The molecule has 0 radical (unpaired) electrons. The van der Waals surface area contributed by atoms with Gasteiger partial charge in [0.25, 0.3) is 5.91 Å². The number of thiocarbonyl (C=S) groups is 1. The molecule has 2 N–H and O–H groups in total. The molecule has 0 aliphatic heterocycles. The van der Waals surface area contributed by atoms with E-state index in [0.29, 0.717) is 11.3 Å². The highest BCUT2D eigenvalue weighted by molar-refractivity contribution is 7.80. The summed E-state index contributed by atoms with van der Waals surface area (Å²) in [7, 11) is 1.87. The fourth-order valence-electron chi connectivity index (χ4n) is 3.71. The van der Waals surface area contributed by atoms with E-state index in [9.17, 15) is 9.59 Å². The lowest BCUT2D eigenvalue weighted by molar-refractivity contribution is -0.119. The smallest absolute Gasteiger partial charge is 0.255 e. The molecular formula is C23H27N3O2S. The molecule has 1 saturated carbocycles. The van der Waals surface area contributed by atoms with Crippen LogP contribution in [0.15, 0.2) is 54.6 Å². The number of amides is 2. The summed E-state index contributed by atoms with van der Waals surface area (Å²) in [5, 5.41) is 5.90. The Kier molecular flexibility index (Phi) is 7.36. The number of hydrogen-bond acceptors (Lipinski definition) is 3. The number of benzene rings is 2. The summed E-state index contributed by atoms with van der Waals surface area (Å²) < 4.78 is 0. The van der Waals surface area contributed by atoms with Gasteiger partial charge in [-0.3, -0.25) is 9.59 Å². The van der Waals surface area contributed by atoms with Gasteiger partial charge in [0.05, 0.1) is 17.7 Å². The molecule has 1 aliphatic rings. The van der Waals surface area contributed by atoms with Crippen LogP contribution in [0.5, 0.6) is 0 Å². The predicted octanol–water partition coefficient (Wildman–Crippen LogP) is 4.15. The van der Waals surface area contributed by atoms with Crippen molar-refractivity contribution in [1.29, 1.82) is 0 Å². The second kappa shape index (κ2) is 10.2. The number of anilines is 1.